The summed E-state index contributed by atoms with van der Waals surface area (Å²) in [5.74, 6) is -1.08. The van der Waals surface area contributed by atoms with E-state index in [9.17, 15) is 17.2 Å². The average Bonchev–Trinajstić information content (AvgIpc) is 2.57. The molecule has 0 fully saturated rings. The van der Waals surface area contributed by atoms with Crippen LogP contribution in [-0.4, -0.2) is 24.8 Å². The summed E-state index contributed by atoms with van der Waals surface area (Å²) in [4.78, 5) is 3.83. The van der Waals surface area contributed by atoms with Crippen molar-refractivity contribution in [3.8, 4) is 0 Å². The van der Waals surface area contributed by atoms with E-state index < -0.39 is 21.7 Å². The Bertz CT molecular complexity index is 1010. The summed E-state index contributed by atoms with van der Waals surface area (Å²) in [6, 6.07) is 11.3. The van der Waals surface area contributed by atoms with Gasteiger partial charge in [0.1, 0.15) is 17.2 Å². The highest BCUT2D eigenvalue weighted by atomic mass is 32.2. The van der Waals surface area contributed by atoms with Crippen LogP contribution < -0.4 is 0 Å². The third-order valence-corrected chi connectivity index (χ3v) is 5.58. The predicted octanol–water partition coefficient (Wildman–Crippen LogP) is 3.33. The van der Waals surface area contributed by atoms with Crippen LogP contribution in [0, 0.1) is 11.6 Å². The number of halogens is 2. The van der Waals surface area contributed by atoms with Crippen LogP contribution in [0.15, 0.2) is 59.6 Å². The van der Waals surface area contributed by atoms with E-state index in [0.29, 0.717) is 0 Å². The maximum Gasteiger partial charge on any atom is 0.243 e. The summed E-state index contributed by atoms with van der Waals surface area (Å²) in [5, 5.41) is 0.192. The minimum Gasteiger partial charge on any atom is -0.253 e. The Hall–Kier alpha value is -2.38. The molecular formula is C17H14F2N2O2S. The largest absolute Gasteiger partial charge is 0.253 e. The second-order valence-corrected chi connectivity index (χ2v) is 7.31. The number of pyridine rings is 1. The second-order valence-electron chi connectivity index (χ2n) is 5.30. The fourth-order valence-electron chi connectivity index (χ4n) is 2.46. The summed E-state index contributed by atoms with van der Waals surface area (Å²) in [7, 11) is -2.58. The first-order chi connectivity index (χ1) is 11.4. The van der Waals surface area contributed by atoms with Crippen molar-refractivity contribution >= 4 is 20.9 Å². The lowest BCUT2D eigenvalue weighted by atomic mass is 10.2. The van der Waals surface area contributed by atoms with Gasteiger partial charge in [-0.15, -0.1) is 0 Å². The number of rotatable bonds is 4. The van der Waals surface area contributed by atoms with Crippen molar-refractivity contribution in [3.05, 3.63) is 71.9 Å². The van der Waals surface area contributed by atoms with Gasteiger partial charge in [-0.3, -0.25) is 4.98 Å². The topological polar surface area (TPSA) is 50.3 Å². The van der Waals surface area contributed by atoms with Crippen LogP contribution in [0.25, 0.3) is 10.9 Å². The Balaban J connectivity index is 2.05. The van der Waals surface area contributed by atoms with Crippen molar-refractivity contribution in [1.82, 2.24) is 9.29 Å². The number of nitrogens with zero attached hydrogens (tertiary/aromatic N) is 2. The van der Waals surface area contributed by atoms with Gasteiger partial charge in [-0.05, 0) is 30.3 Å². The quantitative estimate of drug-likeness (QED) is 0.727. The van der Waals surface area contributed by atoms with E-state index in [1.54, 1.807) is 6.07 Å². The zero-order chi connectivity index (χ0) is 17.3. The maximum atomic E-state index is 13.8. The predicted molar refractivity (Wildman–Crippen MR) is 86.8 cm³/mol. The molecule has 3 rings (SSSR count). The number of fused-ring (bicyclic) bond motifs is 1. The van der Waals surface area contributed by atoms with Crippen LogP contribution >= 0.6 is 0 Å². The van der Waals surface area contributed by atoms with Gasteiger partial charge in [0, 0.05) is 30.7 Å². The molecule has 0 bridgehead atoms. The maximum absolute atomic E-state index is 13.8. The van der Waals surface area contributed by atoms with Gasteiger partial charge in [0.25, 0.3) is 0 Å². The molecule has 0 aliphatic carbocycles. The fraction of sp³-hybridized carbons (Fsp3) is 0.118. The Labute approximate surface area is 138 Å². The van der Waals surface area contributed by atoms with Gasteiger partial charge < -0.3 is 0 Å². The summed E-state index contributed by atoms with van der Waals surface area (Å²) >= 11 is 0. The summed E-state index contributed by atoms with van der Waals surface area (Å²) in [6.07, 6.45) is 1.39. The molecule has 0 spiro atoms. The molecule has 4 nitrogen and oxygen atoms in total. The van der Waals surface area contributed by atoms with Gasteiger partial charge in [-0.1, -0.05) is 18.2 Å². The van der Waals surface area contributed by atoms with E-state index in [2.05, 4.69) is 4.98 Å². The highest BCUT2D eigenvalue weighted by Gasteiger charge is 2.25. The van der Waals surface area contributed by atoms with E-state index in [1.165, 1.54) is 49.6 Å². The first-order valence-corrected chi connectivity index (χ1v) is 8.58. The van der Waals surface area contributed by atoms with Gasteiger partial charge >= 0.3 is 0 Å². The van der Waals surface area contributed by atoms with Crippen molar-refractivity contribution < 1.29 is 17.2 Å². The van der Waals surface area contributed by atoms with Crippen molar-refractivity contribution in [2.45, 2.75) is 11.4 Å². The lowest BCUT2D eigenvalue weighted by molar-refractivity contribution is 0.457. The zero-order valence-corrected chi connectivity index (χ0v) is 13.6. The van der Waals surface area contributed by atoms with Crippen LogP contribution in [0.1, 0.15) is 5.56 Å². The molecule has 24 heavy (non-hydrogen) atoms. The number of hydrogen-bond acceptors (Lipinski definition) is 3. The SMILES string of the molecule is CN(Cc1ccccc1F)S(=O)(=O)c1ccc(F)c2ncccc12. The highest BCUT2D eigenvalue weighted by Crippen LogP contribution is 2.26. The molecule has 7 heteroatoms. The summed E-state index contributed by atoms with van der Waals surface area (Å²) < 4.78 is 54.3. The molecule has 1 aromatic heterocycles. The highest BCUT2D eigenvalue weighted by molar-refractivity contribution is 7.89. The van der Waals surface area contributed by atoms with Gasteiger partial charge in [0.15, 0.2) is 0 Å². The fourth-order valence-corrected chi connectivity index (χ4v) is 3.78. The molecule has 1 heterocycles. The first kappa shape index (κ1) is 16.5. The molecule has 0 amide bonds. The molecule has 2 aromatic carbocycles. The molecule has 0 saturated heterocycles. The molecule has 124 valence electrons. The molecule has 0 saturated carbocycles. The summed E-state index contributed by atoms with van der Waals surface area (Å²) in [5.41, 5.74) is 0.242. The van der Waals surface area contributed by atoms with Crippen LogP contribution in [0.3, 0.4) is 0 Å². The molecule has 0 atom stereocenters. The minimum absolute atomic E-state index is 0.0159. The van der Waals surface area contributed by atoms with Gasteiger partial charge in [-0.2, -0.15) is 4.31 Å². The summed E-state index contributed by atoms with van der Waals surface area (Å²) in [6.45, 7) is -0.131. The smallest absolute Gasteiger partial charge is 0.243 e. The lowest BCUT2D eigenvalue weighted by Gasteiger charge is -2.18. The van der Waals surface area contributed by atoms with E-state index in [-0.39, 0.29) is 27.9 Å². The number of aromatic nitrogens is 1. The monoisotopic (exact) mass is 348 g/mol. The molecule has 0 aliphatic rings. The number of hydrogen-bond donors (Lipinski definition) is 0. The third-order valence-electron chi connectivity index (χ3n) is 3.72. The number of sulfonamides is 1. The van der Waals surface area contributed by atoms with Crippen molar-refractivity contribution in [2.24, 2.45) is 0 Å². The van der Waals surface area contributed by atoms with E-state index in [1.807, 2.05) is 0 Å². The zero-order valence-electron chi connectivity index (χ0n) is 12.8. The lowest BCUT2D eigenvalue weighted by Crippen LogP contribution is -2.27. The Morgan fingerprint density at radius 1 is 1.00 bits per heavy atom. The van der Waals surface area contributed by atoms with Crippen molar-refractivity contribution in [1.29, 1.82) is 0 Å². The van der Waals surface area contributed by atoms with E-state index in [0.717, 1.165) is 10.4 Å². The molecule has 0 unspecified atom stereocenters. The first-order valence-electron chi connectivity index (χ1n) is 7.14. The van der Waals surface area contributed by atoms with E-state index >= 15 is 0 Å². The molecule has 0 radical (unpaired) electrons. The van der Waals surface area contributed by atoms with Gasteiger partial charge in [0.05, 0.1) is 4.90 Å². The minimum atomic E-state index is -3.94. The van der Waals surface area contributed by atoms with Crippen LogP contribution in [0.4, 0.5) is 8.78 Å². The van der Waals surface area contributed by atoms with Gasteiger partial charge in [0.2, 0.25) is 10.0 Å². The standard InChI is InChI=1S/C17H14F2N2O2S/c1-21(11-12-5-2-3-7-14(12)18)24(22,23)16-9-8-15(19)17-13(16)6-4-10-20-17/h2-10H,11H2,1H3. The normalized spacial score (nSPS) is 12.0. The second kappa shape index (κ2) is 6.26. The third kappa shape index (κ3) is 2.88. The Morgan fingerprint density at radius 3 is 2.50 bits per heavy atom. The number of benzene rings is 2. The van der Waals surface area contributed by atoms with Crippen LogP contribution in [-0.2, 0) is 16.6 Å². The van der Waals surface area contributed by atoms with E-state index in [4.69, 9.17) is 0 Å². The molecule has 0 N–H and O–H groups in total. The van der Waals surface area contributed by atoms with Crippen LogP contribution in [0.2, 0.25) is 0 Å². The Kier molecular flexibility index (Phi) is 4.29. The Morgan fingerprint density at radius 2 is 1.75 bits per heavy atom. The molecule has 3 aromatic rings. The van der Waals surface area contributed by atoms with Crippen molar-refractivity contribution in [3.63, 3.8) is 0 Å². The van der Waals surface area contributed by atoms with Gasteiger partial charge in [-0.25, -0.2) is 17.2 Å². The van der Waals surface area contributed by atoms with Crippen molar-refractivity contribution in [2.75, 3.05) is 7.05 Å². The van der Waals surface area contributed by atoms with Crippen LogP contribution in [0.5, 0.6) is 0 Å². The molecular weight excluding hydrogens is 334 g/mol. The average molecular weight is 348 g/mol. The molecule has 0 aliphatic heterocycles.